The lowest BCUT2D eigenvalue weighted by atomic mass is 10.3. The largest absolute Gasteiger partial charge is 0.384 e. The molecule has 5 N–H and O–H groups in total. The van der Waals surface area contributed by atoms with Crippen molar-refractivity contribution in [1.29, 1.82) is 0 Å². The van der Waals surface area contributed by atoms with Crippen LogP contribution >= 0.6 is 0 Å². The number of carbonyl (C=O) groups excluding carboxylic acids is 2. The Hall–Kier alpha value is -2.11. The van der Waals surface area contributed by atoms with Gasteiger partial charge in [-0.05, 0) is 12.1 Å². The van der Waals surface area contributed by atoms with Crippen LogP contribution in [0.25, 0.3) is 0 Å². The molecule has 1 aromatic heterocycles. The summed E-state index contributed by atoms with van der Waals surface area (Å²) in [5.41, 5.74) is 10.4. The zero-order valence-electron chi connectivity index (χ0n) is 7.36. The van der Waals surface area contributed by atoms with E-state index in [0.29, 0.717) is 0 Å². The van der Waals surface area contributed by atoms with Gasteiger partial charge in [0.2, 0.25) is 5.91 Å². The lowest BCUT2D eigenvalue weighted by Crippen LogP contribution is -2.33. The van der Waals surface area contributed by atoms with Crippen molar-refractivity contribution in [2.24, 2.45) is 5.73 Å². The highest BCUT2D eigenvalue weighted by molar-refractivity contribution is 5.94. The van der Waals surface area contributed by atoms with E-state index in [0.717, 1.165) is 0 Å². The molecule has 14 heavy (non-hydrogen) atoms. The summed E-state index contributed by atoms with van der Waals surface area (Å²) < 4.78 is 0. The second-order valence-corrected chi connectivity index (χ2v) is 2.60. The van der Waals surface area contributed by atoms with Gasteiger partial charge in [-0.3, -0.25) is 9.59 Å². The van der Waals surface area contributed by atoms with Crippen molar-refractivity contribution < 1.29 is 9.59 Å². The summed E-state index contributed by atoms with van der Waals surface area (Å²) in [7, 11) is 0. The van der Waals surface area contributed by atoms with Crippen molar-refractivity contribution in [3.05, 3.63) is 23.9 Å². The Morgan fingerprint density at radius 1 is 1.43 bits per heavy atom. The number of nitrogens with two attached hydrogens (primary N) is 2. The number of anilines is 1. The summed E-state index contributed by atoms with van der Waals surface area (Å²) in [6, 6.07) is 4.65. The van der Waals surface area contributed by atoms with E-state index < -0.39 is 11.8 Å². The highest BCUT2D eigenvalue weighted by atomic mass is 16.2. The van der Waals surface area contributed by atoms with E-state index in [1.165, 1.54) is 6.07 Å². The van der Waals surface area contributed by atoms with Gasteiger partial charge < -0.3 is 16.8 Å². The van der Waals surface area contributed by atoms with Gasteiger partial charge in [0.25, 0.3) is 5.91 Å². The Labute approximate surface area is 80.3 Å². The van der Waals surface area contributed by atoms with E-state index in [1.807, 2.05) is 0 Å². The average molecular weight is 194 g/mol. The predicted molar refractivity (Wildman–Crippen MR) is 50.2 cm³/mol. The number of nitrogens with one attached hydrogen (secondary N) is 1. The molecule has 0 aliphatic heterocycles. The van der Waals surface area contributed by atoms with Crippen molar-refractivity contribution >= 4 is 17.6 Å². The molecule has 0 aliphatic carbocycles. The quantitative estimate of drug-likeness (QED) is 0.565. The molecule has 0 radical (unpaired) electrons. The lowest BCUT2D eigenvalue weighted by Gasteiger charge is -2.01. The van der Waals surface area contributed by atoms with Crippen LogP contribution in [0.15, 0.2) is 18.2 Å². The second-order valence-electron chi connectivity index (χ2n) is 2.60. The van der Waals surface area contributed by atoms with Crippen LogP contribution in [0, 0.1) is 0 Å². The molecule has 0 saturated carbocycles. The minimum absolute atomic E-state index is 0.159. The number of aromatic nitrogens is 1. The summed E-state index contributed by atoms with van der Waals surface area (Å²) in [5, 5.41) is 2.29. The first kappa shape index (κ1) is 9.97. The van der Waals surface area contributed by atoms with Crippen LogP contribution in [0.2, 0.25) is 0 Å². The minimum atomic E-state index is -0.609. The van der Waals surface area contributed by atoms with Gasteiger partial charge >= 0.3 is 0 Å². The monoisotopic (exact) mass is 194 g/mol. The number of hydrogen-bond donors (Lipinski definition) is 3. The molecule has 0 aliphatic rings. The number of nitrogen functional groups attached to an aromatic ring is 1. The summed E-state index contributed by atoms with van der Waals surface area (Å²) in [6.07, 6.45) is 0. The third-order valence-electron chi connectivity index (χ3n) is 1.43. The number of primary amides is 1. The number of nitrogens with zero attached hydrogens (tertiary/aromatic N) is 1. The van der Waals surface area contributed by atoms with Gasteiger partial charge in [-0.1, -0.05) is 6.07 Å². The van der Waals surface area contributed by atoms with E-state index in [4.69, 9.17) is 11.5 Å². The molecule has 0 aromatic carbocycles. The molecule has 0 fully saturated rings. The molecule has 0 unspecified atom stereocenters. The molecule has 0 spiro atoms. The maximum atomic E-state index is 11.3. The fourth-order valence-corrected chi connectivity index (χ4v) is 0.836. The fraction of sp³-hybridized carbons (Fsp3) is 0.125. The molecule has 6 heteroatoms. The normalized spacial score (nSPS) is 9.43. The first-order valence-corrected chi connectivity index (χ1v) is 3.88. The van der Waals surface area contributed by atoms with Crippen LogP contribution in [0.1, 0.15) is 10.5 Å². The first-order chi connectivity index (χ1) is 6.59. The minimum Gasteiger partial charge on any atom is -0.384 e. The maximum Gasteiger partial charge on any atom is 0.270 e. The molecule has 1 heterocycles. The second kappa shape index (κ2) is 4.22. The number of amides is 2. The highest BCUT2D eigenvalue weighted by Gasteiger charge is 2.07. The van der Waals surface area contributed by atoms with Crippen LogP contribution in [0.3, 0.4) is 0 Å². The Morgan fingerprint density at radius 2 is 2.14 bits per heavy atom. The van der Waals surface area contributed by atoms with Crippen molar-refractivity contribution in [2.75, 3.05) is 12.3 Å². The summed E-state index contributed by atoms with van der Waals surface area (Å²) in [5.74, 6) is -0.838. The first-order valence-electron chi connectivity index (χ1n) is 3.88. The molecule has 0 saturated heterocycles. The third-order valence-corrected chi connectivity index (χ3v) is 1.43. The number of pyridine rings is 1. The van der Waals surface area contributed by atoms with E-state index >= 15 is 0 Å². The van der Waals surface area contributed by atoms with Crippen LogP contribution < -0.4 is 16.8 Å². The summed E-state index contributed by atoms with van der Waals surface area (Å²) in [4.78, 5) is 25.4. The standard InChI is InChI=1S/C8H10N4O2/c9-6-3-1-2-5(12-6)8(14)11-4-7(10)13/h1-3H,4H2,(H2,9,12)(H2,10,13)(H,11,14). The SMILES string of the molecule is NC(=O)CNC(=O)c1cccc(N)n1. The smallest absolute Gasteiger partial charge is 0.270 e. The Morgan fingerprint density at radius 3 is 2.71 bits per heavy atom. The van der Waals surface area contributed by atoms with E-state index in [2.05, 4.69) is 10.3 Å². The third kappa shape index (κ3) is 2.74. The lowest BCUT2D eigenvalue weighted by molar-refractivity contribution is -0.117. The highest BCUT2D eigenvalue weighted by Crippen LogP contribution is 1.99. The zero-order chi connectivity index (χ0) is 10.6. The Bertz CT molecular complexity index is 364. The van der Waals surface area contributed by atoms with E-state index in [1.54, 1.807) is 12.1 Å². The molecular weight excluding hydrogens is 184 g/mol. The van der Waals surface area contributed by atoms with Crippen molar-refractivity contribution in [2.45, 2.75) is 0 Å². The molecular formula is C8H10N4O2. The van der Waals surface area contributed by atoms with Gasteiger partial charge in [0.1, 0.15) is 11.5 Å². The Kier molecular flexibility index (Phi) is 3.01. The van der Waals surface area contributed by atoms with Gasteiger partial charge in [-0.2, -0.15) is 0 Å². The summed E-state index contributed by atoms with van der Waals surface area (Å²) in [6.45, 7) is -0.213. The van der Waals surface area contributed by atoms with Crippen LogP contribution in [-0.2, 0) is 4.79 Å². The molecule has 0 atom stereocenters. The van der Waals surface area contributed by atoms with E-state index in [9.17, 15) is 9.59 Å². The van der Waals surface area contributed by atoms with Gasteiger partial charge in [-0.25, -0.2) is 4.98 Å². The molecule has 1 rings (SSSR count). The van der Waals surface area contributed by atoms with Gasteiger partial charge in [0.05, 0.1) is 6.54 Å². The van der Waals surface area contributed by atoms with Crippen LogP contribution in [0.4, 0.5) is 5.82 Å². The number of rotatable bonds is 3. The number of hydrogen-bond acceptors (Lipinski definition) is 4. The topological polar surface area (TPSA) is 111 Å². The van der Waals surface area contributed by atoms with Crippen LogP contribution in [-0.4, -0.2) is 23.3 Å². The average Bonchev–Trinajstić information content (AvgIpc) is 2.14. The van der Waals surface area contributed by atoms with Crippen molar-refractivity contribution in [3.8, 4) is 0 Å². The molecule has 6 nitrogen and oxygen atoms in total. The molecule has 2 amide bonds. The molecule has 1 aromatic rings. The molecule has 0 bridgehead atoms. The fourth-order valence-electron chi connectivity index (χ4n) is 0.836. The molecule has 74 valence electrons. The van der Waals surface area contributed by atoms with Gasteiger partial charge in [0.15, 0.2) is 0 Å². The van der Waals surface area contributed by atoms with Crippen LogP contribution in [0.5, 0.6) is 0 Å². The van der Waals surface area contributed by atoms with Gasteiger partial charge in [-0.15, -0.1) is 0 Å². The maximum absolute atomic E-state index is 11.3. The number of carbonyl (C=O) groups is 2. The van der Waals surface area contributed by atoms with Crippen molar-refractivity contribution in [1.82, 2.24) is 10.3 Å². The van der Waals surface area contributed by atoms with Gasteiger partial charge in [0, 0.05) is 0 Å². The zero-order valence-corrected chi connectivity index (χ0v) is 7.36. The predicted octanol–water partition coefficient (Wildman–Crippen LogP) is -1.12. The Balaban J connectivity index is 2.65. The van der Waals surface area contributed by atoms with Crippen molar-refractivity contribution in [3.63, 3.8) is 0 Å². The summed E-state index contributed by atoms with van der Waals surface area (Å²) >= 11 is 0. The van der Waals surface area contributed by atoms with E-state index in [-0.39, 0.29) is 18.1 Å².